The molecule has 0 fully saturated rings. The van der Waals surface area contributed by atoms with Crippen LogP contribution in [-0.4, -0.2) is 45.3 Å². The largest absolute Gasteiger partial charge is 0.382 e. The molecule has 1 aromatic rings. The van der Waals surface area contributed by atoms with Gasteiger partial charge >= 0.3 is 0 Å². The molecule has 21 heavy (non-hydrogen) atoms. The summed E-state index contributed by atoms with van der Waals surface area (Å²) in [7, 11) is 1.57. The van der Waals surface area contributed by atoms with E-state index >= 15 is 0 Å². The first-order chi connectivity index (χ1) is 10.2. The van der Waals surface area contributed by atoms with Crippen molar-refractivity contribution in [2.45, 2.75) is 13.5 Å². The van der Waals surface area contributed by atoms with Crippen molar-refractivity contribution in [1.29, 1.82) is 0 Å². The van der Waals surface area contributed by atoms with Gasteiger partial charge in [-0.05, 0) is 24.6 Å². The number of rotatable bonds is 9. The quantitative estimate of drug-likeness (QED) is 0.658. The van der Waals surface area contributed by atoms with Gasteiger partial charge in [0.1, 0.15) is 6.61 Å². The molecule has 2 amide bonds. The summed E-state index contributed by atoms with van der Waals surface area (Å²) in [6, 6.07) is 7.15. The predicted molar refractivity (Wildman–Crippen MR) is 79.0 cm³/mol. The molecule has 0 aliphatic heterocycles. The summed E-state index contributed by atoms with van der Waals surface area (Å²) < 4.78 is 9.93. The second-order valence-electron chi connectivity index (χ2n) is 4.38. The van der Waals surface area contributed by atoms with Crippen molar-refractivity contribution in [3.63, 3.8) is 0 Å². The average molecular weight is 294 g/mol. The number of hydrogen-bond donors (Lipinski definition) is 2. The Bertz CT molecular complexity index is 463. The highest BCUT2D eigenvalue weighted by atomic mass is 16.5. The van der Waals surface area contributed by atoms with Crippen LogP contribution in [0.25, 0.3) is 0 Å². The molecule has 6 heteroatoms. The Morgan fingerprint density at radius 3 is 2.71 bits per heavy atom. The second-order valence-corrected chi connectivity index (χ2v) is 4.38. The van der Waals surface area contributed by atoms with Gasteiger partial charge in [0.15, 0.2) is 0 Å². The van der Waals surface area contributed by atoms with Crippen LogP contribution in [0.4, 0.5) is 0 Å². The third kappa shape index (κ3) is 6.87. The lowest BCUT2D eigenvalue weighted by Gasteiger charge is -2.08. The maximum absolute atomic E-state index is 11.7. The Labute approximate surface area is 124 Å². The molecule has 6 nitrogen and oxygen atoms in total. The van der Waals surface area contributed by atoms with Crippen molar-refractivity contribution in [3.05, 3.63) is 35.4 Å². The Morgan fingerprint density at radius 1 is 1.19 bits per heavy atom. The number of benzene rings is 1. The zero-order valence-electron chi connectivity index (χ0n) is 12.5. The van der Waals surface area contributed by atoms with E-state index in [9.17, 15) is 9.59 Å². The van der Waals surface area contributed by atoms with Crippen LogP contribution in [0.1, 0.15) is 22.8 Å². The minimum atomic E-state index is -0.200. The van der Waals surface area contributed by atoms with E-state index < -0.39 is 0 Å². The lowest BCUT2D eigenvalue weighted by molar-refractivity contribution is -0.126. The summed E-state index contributed by atoms with van der Waals surface area (Å²) in [5, 5.41) is 5.47. The van der Waals surface area contributed by atoms with Crippen LogP contribution in [0.3, 0.4) is 0 Å². The molecule has 0 unspecified atom stereocenters. The molecule has 0 saturated heterocycles. The predicted octanol–water partition coefficient (Wildman–Crippen LogP) is 0.715. The highest BCUT2D eigenvalue weighted by Gasteiger charge is 2.06. The van der Waals surface area contributed by atoms with Crippen LogP contribution >= 0.6 is 0 Å². The molecule has 0 heterocycles. The molecule has 0 radical (unpaired) electrons. The van der Waals surface area contributed by atoms with Gasteiger partial charge in [0.2, 0.25) is 5.91 Å². The van der Waals surface area contributed by atoms with E-state index in [-0.39, 0.29) is 18.4 Å². The zero-order valence-corrected chi connectivity index (χ0v) is 12.5. The monoisotopic (exact) mass is 294 g/mol. The normalized spacial score (nSPS) is 10.2. The first kappa shape index (κ1) is 17.1. The number of carbonyl (C=O) groups is 2. The van der Waals surface area contributed by atoms with Crippen molar-refractivity contribution >= 4 is 11.8 Å². The maximum Gasteiger partial charge on any atom is 0.251 e. The Morgan fingerprint density at radius 2 is 2.00 bits per heavy atom. The highest BCUT2D eigenvalue weighted by Crippen LogP contribution is 2.05. The molecule has 0 spiro atoms. The number of ether oxygens (including phenoxy) is 2. The molecule has 0 aliphatic rings. The van der Waals surface area contributed by atoms with Gasteiger partial charge in [-0.1, -0.05) is 12.1 Å². The van der Waals surface area contributed by atoms with Crippen LogP contribution in [0.15, 0.2) is 24.3 Å². The minimum Gasteiger partial charge on any atom is -0.382 e. The van der Waals surface area contributed by atoms with Crippen molar-refractivity contribution in [1.82, 2.24) is 10.6 Å². The smallest absolute Gasteiger partial charge is 0.251 e. The standard InChI is InChI=1S/C15H22N2O4/c1-3-16-15(19)13-6-4-5-12(9-13)10-17-14(18)11-21-8-7-20-2/h4-6,9H,3,7-8,10-11H2,1-2H3,(H,16,19)(H,17,18). The fourth-order valence-electron chi connectivity index (χ4n) is 1.64. The van der Waals surface area contributed by atoms with E-state index in [0.717, 1.165) is 5.56 Å². The summed E-state index contributed by atoms with van der Waals surface area (Å²) in [5.41, 5.74) is 1.45. The summed E-state index contributed by atoms with van der Waals surface area (Å²) >= 11 is 0. The third-order valence-electron chi connectivity index (χ3n) is 2.68. The molecular formula is C15H22N2O4. The Kier molecular flexibility index (Phi) is 8.08. The maximum atomic E-state index is 11.7. The molecule has 0 atom stereocenters. The van der Waals surface area contributed by atoms with Gasteiger partial charge in [0.05, 0.1) is 13.2 Å². The summed E-state index contributed by atoms with van der Waals surface area (Å²) in [5.74, 6) is -0.317. The molecule has 0 aliphatic carbocycles. The van der Waals surface area contributed by atoms with E-state index in [4.69, 9.17) is 9.47 Å². The first-order valence-corrected chi connectivity index (χ1v) is 6.88. The number of methoxy groups -OCH3 is 1. The minimum absolute atomic E-state index is 0.000623. The molecule has 1 aromatic carbocycles. The molecule has 0 aromatic heterocycles. The van der Waals surface area contributed by atoms with Crippen LogP contribution < -0.4 is 10.6 Å². The van der Waals surface area contributed by atoms with Crippen LogP contribution in [0, 0.1) is 0 Å². The second kappa shape index (κ2) is 9.90. The Balaban J connectivity index is 2.39. The number of hydrogen-bond acceptors (Lipinski definition) is 4. The Hall–Kier alpha value is -1.92. The van der Waals surface area contributed by atoms with Crippen molar-refractivity contribution in [2.75, 3.05) is 33.5 Å². The van der Waals surface area contributed by atoms with Gasteiger partial charge in [-0.25, -0.2) is 0 Å². The van der Waals surface area contributed by atoms with E-state index in [0.29, 0.717) is 31.9 Å². The van der Waals surface area contributed by atoms with Gasteiger partial charge < -0.3 is 20.1 Å². The van der Waals surface area contributed by atoms with Gasteiger partial charge in [-0.2, -0.15) is 0 Å². The number of amides is 2. The van der Waals surface area contributed by atoms with Crippen molar-refractivity contribution < 1.29 is 19.1 Å². The first-order valence-electron chi connectivity index (χ1n) is 6.88. The van der Waals surface area contributed by atoms with Crippen LogP contribution in [0.2, 0.25) is 0 Å². The highest BCUT2D eigenvalue weighted by molar-refractivity contribution is 5.94. The van der Waals surface area contributed by atoms with Crippen molar-refractivity contribution in [3.8, 4) is 0 Å². The molecule has 0 bridgehead atoms. The van der Waals surface area contributed by atoms with Gasteiger partial charge in [0, 0.05) is 25.8 Å². The van der Waals surface area contributed by atoms with Gasteiger partial charge in [0.25, 0.3) is 5.91 Å². The molecule has 0 saturated carbocycles. The van der Waals surface area contributed by atoms with E-state index in [1.165, 1.54) is 0 Å². The fourth-order valence-corrected chi connectivity index (χ4v) is 1.64. The van der Waals surface area contributed by atoms with E-state index in [1.54, 1.807) is 25.3 Å². The SMILES string of the molecule is CCNC(=O)c1cccc(CNC(=O)COCCOC)c1. The van der Waals surface area contributed by atoms with Gasteiger partial charge in [-0.15, -0.1) is 0 Å². The lowest BCUT2D eigenvalue weighted by Crippen LogP contribution is -2.28. The van der Waals surface area contributed by atoms with Gasteiger partial charge in [-0.3, -0.25) is 9.59 Å². The van der Waals surface area contributed by atoms with Crippen LogP contribution in [0.5, 0.6) is 0 Å². The summed E-state index contributed by atoms with van der Waals surface area (Å²) in [4.78, 5) is 23.3. The molecule has 1 rings (SSSR count). The fraction of sp³-hybridized carbons (Fsp3) is 0.467. The van der Waals surface area contributed by atoms with Crippen molar-refractivity contribution in [2.24, 2.45) is 0 Å². The topological polar surface area (TPSA) is 76.7 Å². The lowest BCUT2D eigenvalue weighted by atomic mass is 10.1. The number of nitrogens with one attached hydrogen (secondary N) is 2. The average Bonchev–Trinajstić information content (AvgIpc) is 2.50. The van der Waals surface area contributed by atoms with E-state index in [1.807, 2.05) is 13.0 Å². The summed E-state index contributed by atoms with van der Waals surface area (Å²) in [6.45, 7) is 3.65. The van der Waals surface area contributed by atoms with Crippen LogP contribution in [-0.2, 0) is 20.8 Å². The third-order valence-corrected chi connectivity index (χ3v) is 2.68. The molecule has 116 valence electrons. The molecular weight excluding hydrogens is 272 g/mol. The zero-order chi connectivity index (χ0) is 15.5. The van der Waals surface area contributed by atoms with E-state index in [2.05, 4.69) is 10.6 Å². The number of carbonyl (C=O) groups excluding carboxylic acids is 2. The molecule has 2 N–H and O–H groups in total. The summed E-state index contributed by atoms with van der Waals surface area (Å²) in [6.07, 6.45) is 0.